The van der Waals surface area contributed by atoms with Crippen molar-refractivity contribution in [2.45, 2.75) is 64.1 Å². The Kier molecular flexibility index (Phi) is 11.0. The first kappa shape index (κ1) is 31.5. The molecule has 3 aromatic rings. The van der Waals surface area contributed by atoms with Crippen LogP contribution >= 0.6 is 23.2 Å². The molecule has 0 saturated heterocycles. The zero-order valence-corrected chi connectivity index (χ0v) is 25.4. The van der Waals surface area contributed by atoms with Crippen molar-refractivity contribution in [3.05, 3.63) is 94.0 Å². The molecule has 0 aliphatic heterocycles. The summed E-state index contributed by atoms with van der Waals surface area (Å²) in [5.41, 5.74) is 1.99. The van der Waals surface area contributed by atoms with Crippen LogP contribution in [0.25, 0.3) is 0 Å². The summed E-state index contributed by atoms with van der Waals surface area (Å²) in [7, 11) is -4.19. The molecule has 0 aliphatic carbocycles. The van der Waals surface area contributed by atoms with Crippen molar-refractivity contribution < 1.29 is 18.0 Å². The van der Waals surface area contributed by atoms with Gasteiger partial charge >= 0.3 is 0 Å². The first-order valence-electron chi connectivity index (χ1n) is 13.2. The van der Waals surface area contributed by atoms with Crippen molar-refractivity contribution in [2.75, 3.05) is 10.8 Å². The van der Waals surface area contributed by atoms with Gasteiger partial charge < -0.3 is 10.2 Å². The molecule has 0 aliphatic rings. The van der Waals surface area contributed by atoms with Gasteiger partial charge in [-0.15, -0.1) is 0 Å². The third-order valence-electron chi connectivity index (χ3n) is 6.79. The molecule has 7 nitrogen and oxygen atoms in total. The first-order valence-corrected chi connectivity index (χ1v) is 15.4. The molecular formula is C30H35Cl2N3O4S. The number of rotatable bonds is 12. The highest BCUT2D eigenvalue weighted by atomic mass is 35.5. The Morgan fingerprint density at radius 3 is 2.15 bits per heavy atom. The third kappa shape index (κ3) is 7.56. The summed E-state index contributed by atoms with van der Waals surface area (Å²) in [4.78, 5) is 28.9. The molecule has 0 fully saturated rings. The van der Waals surface area contributed by atoms with E-state index in [1.165, 1.54) is 35.2 Å². The van der Waals surface area contributed by atoms with E-state index >= 15 is 0 Å². The van der Waals surface area contributed by atoms with Gasteiger partial charge in [0.25, 0.3) is 10.0 Å². The van der Waals surface area contributed by atoms with Crippen LogP contribution in [0.3, 0.4) is 0 Å². The quantitative estimate of drug-likeness (QED) is 0.266. The van der Waals surface area contributed by atoms with E-state index < -0.39 is 28.5 Å². The fraction of sp³-hybridized carbons (Fsp3) is 0.333. The van der Waals surface area contributed by atoms with Crippen LogP contribution in [0.1, 0.15) is 44.7 Å². The highest BCUT2D eigenvalue weighted by Gasteiger charge is 2.34. The van der Waals surface area contributed by atoms with E-state index in [0.29, 0.717) is 6.42 Å². The van der Waals surface area contributed by atoms with E-state index in [9.17, 15) is 18.0 Å². The predicted octanol–water partition coefficient (Wildman–Crippen LogP) is 6.22. The Labute approximate surface area is 247 Å². The Morgan fingerprint density at radius 2 is 1.55 bits per heavy atom. The van der Waals surface area contributed by atoms with Crippen LogP contribution in [0.4, 0.5) is 5.69 Å². The molecule has 10 heteroatoms. The molecule has 0 aromatic heterocycles. The average molecular weight is 605 g/mol. The highest BCUT2D eigenvalue weighted by Crippen LogP contribution is 2.31. The van der Waals surface area contributed by atoms with E-state index in [2.05, 4.69) is 5.32 Å². The number of anilines is 1. The molecule has 40 heavy (non-hydrogen) atoms. The summed E-state index contributed by atoms with van der Waals surface area (Å²) in [6.45, 7) is 7.21. The number of nitrogens with one attached hydrogen (secondary N) is 1. The van der Waals surface area contributed by atoms with Crippen molar-refractivity contribution in [2.24, 2.45) is 0 Å². The molecule has 0 radical (unpaired) electrons. The maximum absolute atomic E-state index is 14.1. The van der Waals surface area contributed by atoms with Crippen LogP contribution in [-0.2, 0) is 26.2 Å². The van der Waals surface area contributed by atoms with E-state index in [0.717, 1.165) is 21.9 Å². The molecule has 0 saturated carbocycles. The lowest BCUT2D eigenvalue weighted by molar-refractivity contribution is -0.140. The molecule has 2 amide bonds. The monoisotopic (exact) mass is 603 g/mol. The smallest absolute Gasteiger partial charge is 0.264 e. The lowest BCUT2D eigenvalue weighted by atomic mass is 10.1. The van der Waals surface area contributed by atoms with Crippen LogP contribution in [0, 0.1) is 6.92 Å². The molecular weight excluding hydrogens is 569 g/mol. The molecule has 0 heterocycles. The molecule has 3 rings (SSSR count). The number of aryl methyl sites for hydroxylation is 1. The Balaban J connectivity index is 2.08. The number of hydrogen-bond acceptors (Lipinski definition) is 4. The summed E-state index contributed by atoms with van der Waals surface area (Å²) in [5.74, 6) is -0.814. The molecule has 0 unspecified atom stereocenters. The minimum absolute atomic E-state index is 0.0147. The second kappa shape index (κ2) is 14.0. The van der Waals surface area contributed by atoms with Crippen LogP contribution in [0.2, 0.25) is 10.0 Å². The maximum Gasteiger partial charge on any atom is 0.264 e. The van der Waals surface area contributed by atoms with E-state index in [4.69, 9.17) is 23.2 Å². The van der Waals surface area contributed by atoms with Gasteiger partial charge in [0.2, 0.25) is 11.8 Å². The van der Waals surface area contributed by atoms with E-state index in [1.54, 1.807) is 18.2 Å². The summed E-state index contributed by atoms with van der Waals surface area (Å²) < 4.78 is 28.7. The summed E-state index contributed by atoms with van der Waals surface area (Å²) in [6, 6.07) is 19.0. The van der Waals surface area contributed by atoms with Crippen molar-refractivity contribution in [1.82, 2.24) is 10.2 Å². The van der Waals surface area contributed by atoms with Gasteiger partial charge in [-0.1, -0.05) is 79.5 Å². The average Bonchev–Trinajstić information content (AvgIpc) is 2.94. The first-order chi connectivity index (χ1) is 19.0. The number of sulfonamides is 1. The van der Waals surface area contributed by atoms with Gasteiger partial charge in [0.05, 0.1) is 20.6 Å². The molecule has 0 spiro atoms. The van der Waals surface area contributed by atoms with Crippen molar-refractivity contribution >= 4 is 50.7 Å². The number of benzene rings is 3. The zero-order valence-electron chi connectivity index (χ0n) is 23.1. The van der Waals surface area contributed by atoms with Crippen molar-refractivity contribution in [3.63, 3.8) is 0 Å². The van der Waals surface area contributed by atoms with Gasteiger partial charge in [-0.2, -0.15) is 0 Å². The minimum atomic E-state index is -4.19. The van der Waals surface area contributed by atoms with E-state index in [-0.39, 0.29) is 39.1 Å². The minimum Gasteiger partial charge on any atom is -0.352 e. The maximum atomic E-state index is 14.1. The number of amides is 2. The normalized spacial score (nSPS) is 12.8. The summed E-state index contributed by atoms with van der Waals surface area (Å²) in [6.07, 6.45) is 1.08. The Morgan fingerprint density at radius 1 is 0.900 bits per heavy atom. The lowest BCUT2D eigenvalue weighted by Crippen LogP contribution is -2.53. The van der Waals surface area contributed by atoms with Crippen LogP contribution in [0.15, 0.2) is 77.7 Å². The molecule has 1 N–H and O–H groups in total. The predicted molar refractivity (Wildman–Crippen MR) is 161 cm³/mol. The van der Waals surface area contributed by atoms with Gasteiger partial charge in [-0.3, -0.25) is 13.9 Å². The van der Waals surface area contributed by atoms with E-state index in [1.807, 2.05) is 52.0 Å². The Hall–Kier alpha value is -3.07. The van der Waals surface area contributed by atoms with Crippen molar-refractivity contribution in [1.29, 1.82) is 0 Å². The number of nitrogens with zero attached hydrogens (tertiary/aromatic N) is 2. The number of hydrogen-bond donors (Lipinski definition) is 1. The topological polar surface area (TPSA) is 86.8 Å². The fourth-order valence-corrected chi connectivity index (χ4v) is 5.94. The second-order valence-corrected chi connectivity index (χ2v) is 12.3. The lowest BCUT2D eigenvalue weighted by Gasteiger charge is -2.34. The Bertz CT molecular complexity index is 1430. The number of halogens is 2. The molecule has 214 valence electrons. The summed E-state index contributed by atoms with van der Waals surface area (Å²) >= 11 is 12.4. The second-order valence-electron chi connectivity index (χ2n) is 9.61. The SMILES string of the molecule is CC[C@H](C(=O)N[C@@H](C)CC)N(Cc1ccccc1C)C(=O)CN(c1ccc(Cl)c(Cl)c1)S(=O)(=O)c1ccccc1. The zero-order chi connectivity index (χ0) is 29.4. The molecule has 0 bridgehead atoms. The van der Waals surface area contributed by atoms with Crippen LogP contribution < -0.4 is 9.62 Å². The summed E-state index contributed by atoms with van der Waals surface area (Å²) in [5, 5.41) is 3.38. The van der Waals surface area contributed by atoms with Gasteiger partial charge in [0, 0.05) is 12.6 Å². The van der Waals surface area contributed by atoms with Crippen LogP contribution in [0.5, 0.6) is 0 Å². The van der Waals surface area contributed by atoms with Crippen LogP contribution in [-0.4, -0.2) is 43.8 Å². The molecule has 2 atom stereocenters. The van der Waals surface area contributed by atoms with Gasteiger partial charge in [0.15, 0.2) is 0 Å². The standard InChI is InChI=1S/C30H35Cl2N3O4S/c1-5-22(4)33-30(37)28(6-2)34(19-23-13-11-10-12-21(23)3)29(36)20-35(24-16-17-26(31)27(32)18-24)40(38,39)25-14-8-7-9-15-25/h7-18,22,28H,5-6,19-20H2,1-4H3,(H,33,37)/t22-,28+/m0/s1. The van der Waals surface area contributed by atoms with Gasteiger partial charge in [-0.05, 0) is 68.1 Å². The third-order valence-corrected chi connectivity index (χ3v) is 9.32. The largest absolute Gasteiger partial charge is 0.352 e. The number of carbonyl (C=O) groups is 2. The van der Waals surface area contributed by atoms with Gasteiger partial charge in [-0.25, -0.2) is 8.42 Å². The van der Waals surface area contributed by atoms with Crippen molar-refractivity contribution in [3.8, 4) is 0 Å². The van der Waals surface area contributed by atoms with Gasteiger partial charge in [0.1, 0.15) is 12.6 Å². The molecule has 3 aromatic carbocycles. The fourth-order valence-electron chi connectivity index (χ4n) is 4.22. The number of carbonyl (C=O) groups excluding carboxylic acids is 2. The highest BCUT2D eigenvalue weighted by molar-refractivity contribution is 7.92.